The van der Waals surface area contributed by atoms with Crippen molar-refractivity contribution in [2.45, 2.75) is 53.4 Å². The Morgan fingerprint density at radius 2 is 1.77 bits per heavy atom. The van der Waals surface area contributed by atoms with E-state index < -0.39 is 0 Å². The van der Waals surface area contributed by atoms with Crippen LogP contribution < -0.4 is 5.32 Å². The van der Waals surface area contributed by atoms with Crippen LogP contribution in [0.1, 0.15) is 52.5 Å². The van der Waals surface area contributed by atoms with Crippen molar-refractivity contribution in [1.82, 2.24) is 0 Å². The third-order valence-corrected chi connectivity index (χ3v) is 4.03. The summed E-state index contributed by atoms with van der Waals surface area (Å²) in [5.41, 5.74) is 1.77. The van der Waals surface area contributed by atoms with Gasteiger partial charge in [0.2, 0.25) is 5.91 Å². The van der Waals surface area contributed by atoms with Gasteiger partial charge in [-0.3, -0.25) is 4.79 Å². The van der Waals surface area contributed by atoms with Crippen molar-refractivity contribution >= 4 is 11.6 Å². The minimum absolute atomic E-state index is 0.0792. The van der Waals surface area contributed by atoms with E-state index in [1.807, 2.05) is 24.3 Å². The van der Waals surface area contributed by atoms with Gasteiger partial charge >= 0.3 is 0 Å². The Hall–Kier alpha value is -1.82. The smallest absolute Gasteiger partial charge is 0.224 e. The molecule has 0 saturated carbocycles. The van der Waals surface area contributed by atoms with Gasteiger partial charge in [-0.25, -0.2) is 0 Å². The van der Waals surface area contributed by atoms with E-state index in [9.17, 15) is 4.79 Å². The second-order valence-electron chi connectivity index (χ2n) is 6.76. The number of nitriles is 1. The van der Waals surface area contributed by atoms with Crippen molar-refractivity contribution in [2.75, 3.05) is 5.32 Å². The molecule has 1 rings (SSSR count). The fourth-order valence-corrected chi connectivity index (χ4v) is 2.47. The number of anilines is 1. The summed E-state index contributed by atoms with van der Waals surface area (Å²) in [5, 5.41) is 11.6. The minimum Gasteiger partial charge on any atom is -0.326 e. The molecule has 0 radical (unpaired) electrons. The molecule has 1 atom stereocenters. The molecule has 1 amide bonds. The highest BCUT2D eigenvalue weighted by Gasteiger charge is 2.18. The number of nitrogens with one attached hydrogen (secondary N) is 1. The lowest BCUT2D eigenvalue weighted by atomic mass is 9.86. The van der Waals surface area contributed by atoms with Gasteiger partial charge in [-0.15, -0.1) is 0 Å². The monoisotopic (exact) mass is 300 g/mol. The van der Waals surface area contributed by atoms with E-state index in [0.29, 0.717) is 30.6 Å². The van der Waals surface area contributed by atoms with Gasteiger partial charge in [0, 0.05) is 12.1 Å². The summed E-state index contributed by atoms with van der Waals surface area (Å²) in [7, 11) is 0. The normalized spacial score (nSPS) is 12.2. The van der Waals surface area contributed by atoms with Gasteiger partial charge in [0.1, 0.15) is 0 Å². The first-order valence-corrected chi connectivity index (χ1v) is 8.18. The zero-order chi connectivity index (χ0) is 16.5. The summed E-state index contributed by atoms with van der Waals surface area (Å²) in [5.74, 6) is 1.70. The largest absolute Gasteiger partial charge is 0.326 e. The number of benzene rings is 1. The summed E-state index contributed by atoms with van der Waals surface area (Å²) in [6.45, 7) is 8.82. The molecule has 1 N–H and O–H groups in total. The van der Waals surface area contributed by atoms with Crippen LogP contribution in [-0.4, -0.2) is 5.91 Å². The second kappa shape index (κ2) is 9.25. The molecule has 0 bridgehead atoms. The van der Waals surface area contributed by atoms with Gasteiger partial charge in [-0.2, -0.15) is 5.26 Å². The van der Waals surface area contributed by atoms with Crippen LogP contribution in [-0.2, 0) is 11.2 Å². The lowest BCUT2D eigenvalue weighted by Gasteiger charge is -2.21. The molecule has 1 unspecified atom stereocenters. The zero-order valence-corrected chi connectivity index (χ0v) is 14.2. The van der Waals surface area contributed by atoms with E-state index in [1.54, 1.807) is 0 Å². The Balaban J connectivity index is 2.54. The van der Waals surface area contributed by atoms with Crippen molar-refractivity contribution in [3.63, 3.8) is 0 Å². The van der Waals surface area contributed by atoms with E-state index in [1.165, 1.54) is 6.42 Å². The maximum atomic E-state index is 12.2. The van der Waals surface area contributed by atoms with Crippen LogP contribution in [0, 0.1) is 29.1 Å². The molecular formula is C19H28N2O. The highest BCUT2D eigenvalue weighted by Crippen LogP contribution is 2.24. The lowest BCUT2D eigenvalue weighted by molar-refractivity contribution is -0.117. The molecule has 3 heteroatoms. The minimum atomic E-state index is 0.0792. The zero-order valence-electron chi connectivity index (χ0n) is 14.2. The quantitative estimate of drug-likeness (QED) is 0.750. The predicted octanol–water partition coefficient (Wildman–Crippen LogP) is 4.79. The Kier molecular flexibility index (Phi) is 7.66. The van der Waals surface area contributed by atoms with Crippen molar-refractivity contribution in [3.8, 4) is 6.07 Å². The number of nitrogens with zero attached hydrogens (tertiary/aromatic N) is 1. The van der Waals surface area contributed by atoms with Crippen LogP contribution in [0.4, 0.5) is 5.69 Å². The van der Waals surface area contributed by atoms with E-state index in [-0.39, 0.29) is 5.91 Å². The molecule has 0 aliphatic rings. The molecular weight excluding hydrogens is 272 g/mol. The Morgan fingerprint density at radius 3 is 2.27 bits per heavy atom. The molecule has 120 valence electrons. The first kappa shape index (κ1) is 18.2. The van der Waals surface area contributed by atoms with Crippen LogP contribution in [0.15, 0.2) is 24.3 Å². The topological polar surface area (TPSA) is 52.9 Å². The van der Waals surface area contributed by atoms with Crippen molar-refractivity contribution in [1.29, 1.82) is 5.26 Å². The van der Waals surface area contributed by atoms with Crippen LogP contribution in [0.5, 0.6) is 0 Å². The maximum Gasteiger partial charge on any atom is 0.224 e. The van der Waals surface area contributed by atoms with Gasteiger partial charge in [0.15, 0.2) is 0 Å². The fourth-order valence-electron chi connectivity index (χ4n) is 2.47. The Morgan fingerprint density at radius 1 is 1.14 bits per heavy atom. The maximum absolute atomic E-state index is 12.2. The molecule has 0 aliphatic carbocycles. The van der Waals surface area contributed by atoms with Crippen molar-refractivity contribution in [3.05, 3.63) is 29.8 Å². The van der Waals surface area contributed by atoms with Crippen LogP contribution >= 0.6 is 0 Å². The molecule has 22 heavy (non-hydrogen) atoms. The molecule has 0 heterocycles. The number of rotatable bonds is 8. The highest BCUT2D eigenvalue weighted by molar-refractivity contribution is 5.90. The average molecular weight is 300 g/mol. The van der Waals surface area contributed by atoms with Gasteiger partial charge in [-0.1, -0.05) is 46.2 Å². The summed E-state index contributed by atoms with van der Waals surface area (Å²) >= 11 is 0. The second-order valence-corrected chi connectivity index (χ2v) is 6.76. The summed E-state index contributed by atoms with van der Waals surface area (Å²) in [4.78, 5) is 12.2. The predicted molar refractivity (Wildman–Crippen MR) is 91.4 cm³/mol. The molecule has 0 fully saturated rings. The highest BCUT2D eigenvalue weighted by atomic mass is 16.1. The van der Waals surface area contributed by atoms with E-state index >= 15 is 0 Å². The number of hydrogen-bond acceptors (Lipinski definition) is 2. The van der Waals surface area contributed by atoms with E-state index in [0.717, 1.165) is 17.7 Å². The molecule has 3 nitrogen and oxygen atoms in total. The van der Waals surface area contributed by atoms with E-state index in [2.05, 4.69) is 39.1 Å². The van der Waals surface area contributed by atoms with Gasteiger partial charge in [0.25, 0.3) is 0 Å². The Labute approximate surface area is 134 Å². The fraction of sp³-hybridized carbons (Fsp3) is 0.579. The number of hydrogen-bond donors (Lipinski definition) is 1. The Bertz CT molecular complexity index is 497. The van der Waals surface area contributed by atoms with Crippen molar-refractivity contribution < 1.29 is 4.79 Å². The van der Waals surface area contributed by atoms with Crippen LogP contribution in [0.2, 0.25) is 0 Å². The first-order chi connectivity index (χ1) is 10.4. The third kappa shape index (κ3) is 6.76. The first-order valence-electron chi connectivity index (χ1n) is 8.18. The molecule has 0 spiro atoms. The number of amides is 1. The van der Waals surface area contributed by atoms with Crippen molar-refractivity contribution in [2.24, 2.45) is 17.8 Å². The number of carbonyl (C=O) groups is 1. The van der Waals surface area contributed by atoms with Gasteiger partial charge < -0.3 is 5.32 Å². The van der Waals surface area contributed by atoms with E-state index in [4.69, 9.17) is 5.26 Å². The van der Waals surface area contributed by atoms with Gasteiger partial charge in [-0.05, 0) is 41.9 Å². The third-order valence-electron chi connectivity index (χ3n) is 4.03. The standard InChI is InChI=1S/C19H28N2O/c1-14(2)5-8-17(15(3)4)13-19(22)21-18-9-6-16(7-10-18)11-12-20/h6-7,9-10,14-15,17H,5,8,11,13H2,1-4H3,(H,21,22). The summed E-state index contributed by atoms with van der Waals surface area (Å²) in [6, 6.07) is 9.62. The summed E-state index contributed by atoms with van der Waals surface area (Å²) < 4.78 is 0. The molecule has 1 aromatic carbocycles. The molecule has 0 aliphatic heterocycles. The van der Waals surface area contributed by atoms with Crippen LogP contribution in [0.25, 0.3) is 0 Å². The number of carbonyl (C=O) groups excluding carboxylic acids is 1. The van der Waals surface area contributed by atoms with Crippen LogP contribution in [0.3, 0.4) is 0 Å². The summed E-state index contributed by atoms with van der Waals surface area (Å²) in [6.07, 6.45) is 3.24. The SMILES string of the molecule is CC(C)CCC(CC(=O)Nc1ccc(CC#N)cc1)C(C)C. The average Bonchev–Trinajstić information content (AvgIpc) is 2.45. The molecule has 0 saturated heterocycles. The molecule has 1 aromatic rings. The molecule has 0 aromatic heterocycles. The van der Waals surface area contributed by atoms with Gasteiger partial charge in [0.05, 0.1) is 12.5 Å². The lowest BCUT2D eigenvalue weighted by Crippen LogP contribution is -2.20.